The Kier molecular flexibility index (Phi) is 7.98. The maximum absolute atomic E-state index is 9.81. The summed E-state index contributed by atoms with van der Waals surface area (Å²) in [4.78, 5) is 14.0. The zero-order chi connectivity index (χ0) is 10.8. The van der Waals surface area contributed by atoms with Gasteiger partial charge in [-0.2, -0.15) is 12.6 Å². The molecule has 0 heterocycles. The topological polar surface area (TPSA) is 38.3 Å². The van der Waals surface area contributed by atoms with Crippen LogP contribution in [-0.4, -0.2) is 13.0 Å². The Morgan fingerprint density at radius 2 is 2.00 bits per heavy atom. The van der Waals surface area contributed by atoms with Crippen molar-refractivity contribution in [3.63, 3.8) is 0 Å². The standard InChI is InChI=1S/C7H8S.C3H7NO2/c8-6-7-4-2-1-3-5-7;1-3(5)4-6-2/h1-5,8H,6H2;1-2H3,(H,4,5). The lowest BCUT2D eigenvalue weighted by Crippen LogP contribution is -2.17. The molecule has 0 saturated heterocycles. The van der Waals surface area contributed by atoms with Gasteiger partial charge in [-0.05, 0) is 5.56 Å². The number of nitrogens with one attached hydrogen (secondary N) is 1. The van der Waals surface area contributed by atoms with Gasteiger partial charge in [0, 0.05) is 12.7 Å². The smallest absolute Gasteiger partial charge is 0.240 e. The predicted molar refractivity (Wildman–Crippen MR) is 60.0 cm³/mol. The molecular weight excluding hydrogens is 198 g/mol. The summed E-state index contributed by atoms with van der Waals surface area (Å²) in [7, 11) is 1.39. The van der Waals surface area contributed by atoms with Gasteiger partial charge < -0.3 is 0 Å². The van der Waals surface area contributed by atoms with E-state index >= 15 is 0 Å². The Morgan fingerprint density at radius 1 is 1.43 bits per heavy atom. The van der Waals surface area contributed by atoms with Crippen LogP contribution in [0, 0.1) is 0 Å². The number of thiol groups is 1. The predicted octanol–water partition coefficient (Wildman–Crippen LogP) is 1.80. The number of hydrogen-bond donors (Lipinski definition) is 2. The number of carbonyl (C=O) groups is 1. The zero-order valence-electron chi connectivity index (χ0n) is 8.36. The van der Waals surface area contributed by atoms with Crippen LogP contribution in [0.5, 0.6) is 0 Å². The van der Waals surface area contributed by atoms with Crippen molar-refractivity contribution in [2.75, 3.05) is 7.11 Å². The maximum Gasteiger partial charge on any atom is 0.240 e. The molecule has 0 saturated carbocycles. The molecule has 0 aliphatic rings. The fraction of sp³-hybridized carbons (Fsp3) is 0.300. The molecule has 0 unspecified atom stereocenters. The van der Waals surface area contributed by atoms with Crippen molar-refractivity contribution < 1.29 is 9.63 Å². The van der Waals surface area contributed by atoms with E-state index in [1.54, 1.807) is 0 Å². The normalized spacial score (nSPS) is 8.50. The van der Waals surface area contributed by atoms with Crippen molar-refractivity contribution >= 4 is 18.5 Å². The summed E-state index contributed by atoms with van der Waals surface area (Å²) in [6, 6.07) is 10.2. The van der Waals surface area contributed by atoms with Crippen LogP contribution in [-0.2, 0) is 15.4 Å². The first-order valence-corrected chi connectivity index (χ1v) is 4.78. The summed E-state index contributed by atoms with van der Waals surface area (Å²) in [5.74, 6) is 0.651. The molecule has 1 aromatic rings. The third-order valence-electron chi connectivity index (χ3n) is 1.27. The van der Waals surface area contributed by atoms with Crippen molar-refractivity contribution in [1.29, 1.82) is 0 Å². The van der Waals surface area contributed by atoms with Gasteiger partial charge in [0.05, 0.1) is 7.11 Å². The third-order valence-corrected chi connectivity index (χ3v) is 1.64. The van der Waals surface area contributed by atoms with Gasteiger partial charge in [-0.15, -0.1) is 0 Å². The van der Waals surface area contributed by atoms with E-state index in [-0.39, 0.29) is 5.91 Å². The summed E-state index contributed by atoms with van der Waals surface area (Å²) in [6.45, 7) is 1.38. The van der Waals surface area contributed by atoms with Crippen molar-refractivity contribution in [3.05, 3.63) is 35.9 Å². The number of hydroxylamine groups is 1. The number of rotatable bonds is 2. The summed E-state index contributed by atoms with van der Waals surface area (Å²) in [5.41, 5.74) is 3.34. The van der Waals surface area contributed by atoms with Gasteiger partial charge in [0.25, 0.3) is 0 Å². The maximum atomic E-state index is 9.81. The first-order valence-electron chi connectivity index (χ1n) is 4.15. The van der Waals surface area contributed by atoms with Crippen LogP contribution in [0.1, 0.15) is 12.5 Å². The van der Waals surface area contributed by atoms with E-state index < -0.39 is 0 Å². The Hall–Kier alpha value is -1.00. The van der Waals surface area contributed by atoms with E-state index in [9.17, 15) is 4.79 Å². The molecule has 14 heavy (non-hydrogen) atoms. The lowest BCUT2D eigenvalue weighted by Gasteiger charge is -1.90. The van der Waals surface area contributed by atoms with Crippen molar-refractivity contribution in [2.45, 2.75) is 12.7 Å². The zero-order valence-corrected chi connectivity index (χ0v) is 9.25. The van der Waals surface area contributed by atoms with Gasteiger partial charge in [0.2, 0.25) is 5.91 Å². The van der Waals surface area contributed by atoms with Crippen molar-refractivity contribution in [2.24, 2.45) is 0 Å². The summed E-state index contributed by atoms with van der Waals surface area (Å²) in [6.07, 6.45) is 0. The largest absolute Gasteiger partial charge is 0.277 e. The van der Waals surface area contributed by atoms with E-state index in [4.69, 9.17) is 0 Å². The van der Waals surface area contributed by atoms with Crippen molar-refractivity contribution in [3.8, 4) is 0 Å². The van der Waals surface area contributed by atoms with Gasteiger partial charge >= 0.3 is 0 Å². The second kappa shape index (κ2) is 8.59. The van der Waals surface area contributed by atoms with Crippen LogP contribution in [0.4, 0.5) is 0 Å². The van der Waals surface area contributed by atoms with E-state index in [2.05, 4.69) is 35.1 Å². The molecule has 1 amide bonds. The highest BCUT2D eigenvalue weighted by Gasteiger charge is 1.80. The lowest BCUT2D eigenvalue weighted by atomic mass is 10.2. The number of hydrogen-bond acceptors (Lipinski definition) is 3. The van der Waals surface area contributed by atoms with Crippen LogP contribution in [0.15, 0.2) is 30.3 Å². The first-order chi connectivity index (χ1) is 6.70. The molecule has 0 atom stereocenters. The highest BCUT2D eigenvalue weighted by atomic mass is 32.1. The van der Waals surface area contributed by atoms with Gasteiger partial charge in [-0.3, -0.25) is 9.63 Å². The Morgan fingerprint density at radius 3 is 2.21 bits per heavy atom. The molecule has 78 valence electrons. The molecule has 0 fully saturated rings. The van der Waals surface area contributed by atoms with Crippen LogP contribution >= 0.6 is 12.6 Å². The molecule has 1 N–H and O–H groups in total. The van der Waals surface area contributed by atoms with Crippen LogP contribution in [0.2, 0.25) is 0 Å². The number of carbonyl (C=O) groups excluding carboxylic acids is 1. The molecule has 0 aliphatic carbocycles. The summed E-state index contributed by atoms with van der Waals surface area (Å²) in [5, 5.41) is 0. The van der Waals surface area contributed by atoms with Crippen molar-refractivity contribution in [1.82, 2.24) is 5.48 Å². The minimum absolute atomic E-state index is 0.183. The Bertz CT molecular complexity index is 252. The first kappa shape index (κ1) is 13.0. The molecule has 0 bridgehead atoms. The van der Waals surface area contributed by atoms with E-state index in [1.165, 1.54) is 19.6 Å². The molecular formula is C10H15NO2S. The fourth-order valence-electron chi connectivity index (χ4n) is 0.727. The summed E-state index contributed by atoms with van der Waals surface area (Å²) >= 11 is 4.11. The van der Waals surface area contributed by atoms with Crippen LogP contribution < -0.4 is 5.48 Å². The lowest BCUT2D eigenvalue weighted by molar-refractivity contribution is -0.128. The monoisotopic (exact) mass is 213 g/mol. The average molecular weight is 213 g/mol. The van der Waals surface area contributed by atoms with E-state index in [1.807, 2.05) is 18.2 Å². The molecule has 4 heteroatoms. The van der Waals surface area contributed by atoms with Gasteiger partial charge in [-0.1, -0.05) is 30.3 Å². The average Bonchev–Trinajstić information content (AvgIpc) is 2.20. The molecule has 0 radical (unpaired) electrons. The highest BCUT2D eigenvalue weighted by Crippen LogP contribution is 2.00. The Balaban J connectivity index is 0.000000255. The number of benzene rings is 1. The quantitative estimate of drug-likeness (QED) is 0.581. The van der Waals surface area contributed by atoms with Gasteiger partial charge in [0.1, 0.15) is 0 Å². The molecule has 1 rings (SSSR count). The minimum Gasteiger partial charge on any atom is -0.277 e. The third kappa shape index (κ3) is 7.64. The molecule has 3 nitrogen and oxygen atoms in total. The van der Waals surface area contributed by atoms with Gasteiger partial charge in [0.15, 0.2) is 0 Å². The van der Waals surface area contributed by atoms with Crippen LogP contribution in [0.3, 0.4) is 0 Å². The van der Waals surface area contributed by atoms with E-state index in [0.29, 0.717) is 0 Å². The molecule has 1 aromatic carbocycles. The molecule has 0 aliphatic heterocycles. The van der Waals surface area contributed by atoms with Crippen LogP contribution in [0.25, 0.3) is 0 Å². The Labute approximate surface area is 89.8 Å². The molecule has 0 aromatic heterocycles. The summed E-state index contributed by atoms with van der Waals surface area (Å²) < 4.78 is 0. The van der Waals surface area contributed by atoms with E-state index in [0.717, 1.165) is 5.75 Å². The SMILES string of the molecule is CONC(C)=O.SCc1ccccc1. The second-order valence-corrected chi connectivity index (χ2v) is 2.82. The number of amides is 1. The minimum atomic E-state index is -0.183. The van der Waals surface area contributed by atoms with Gasteiger partial charge in [-0.25, -0.2) is 5.48 Å². The highest BCUT2D eigenvalue weighted by molar-refractivity contribution is 7.79. The second-order valence-electron chi connectivity index (χ2n) is 2.51. The fourth-order valence-corrected chi connectivity index (χ4v) is 0.938. The molecule has 0 spiro atoms.